The van der Waals surface area contributed by atoms with Crippen molar-refractivity contribution in [3.05, 3.63) is 53.2 Å². The first kappa shape index (κ1) is 13.1. The van der Waals surface area contributed by atoms with Crippen LogP contribution in [0.15, 0.2) is 30.3 Å². The molecule has 0 saturated heterocycles. The fourth-order valence-corrected chi connectivity index (χ4v) is 1.65. The second-order valence-electron chi connectivity index (χ2n) is 3.79. The Kier molecular flexibility index (Phi) is 3.52. The highest BCUT2D eigenvalue weighted by molar-refractivity contribution is 5.88. The molecule has 0 aliphatic rings. The molecule has 6 heteroatoms. The summed E-state index contributed by atoms with van der Waals surface area (Å²) in [4.78, 5) is 14.8. The molecule has 0 fully saturated rings. The van der Waals surface area contributed by atoms with E-state index in [-0.39, 0.29) is 22.5 Å². The van der Waals surface area contributed by atoms with Crippen LogP contribution in [0.1, 0.15) is 16.1 Å². The van der Waals surface area contributed by atoms with Crippen LogP contribution in [0, 0.1) is 11.6 Å². The smallest absolute Gasteiger partial charge is 0.354 e. The highest BCUT2D eigenvalue weighted by Gasteiger charge is 2.15. The predicted octanol–water partition coefficient (Wildman–Crippen LogP) is 2.22. The fraction of sp³-hybridized carbons (Fsp3) is 0.0769. The quantitative estimate of drug-likeness (QED) is 0.892. The molecule has 1 aromatic carbocycles. The third-order valence-corrected chi connectivity index (χ3v) is 2.56. The molecule has 2 N–H and O–H groups in total. The highest BCUT2D eigenvalue weighted by atomic mass is 19.1. The van der Waals surface area contributed by atoms with Crippen LogP contribution in [0.25, 0.3) is 11.3 Å². The van der Waals surface area contributed by atoms with Gasteiger partial charge in [-0.25, -0.2) is 18.6 Å². The normalized spacial score (nSPS) is 10.5. The molecule has 98 valence electrons. The van der Waals surface area contributed by atoms with E-state index < -0.39 is 24.2 Å². The summed E-state index contributed by atoms with van der Waals surface area (Å²) in [7, 11) is 0. The number of rotatable bonds is 3. The van der Waals surface area contributed by atoms with Crippen LogP contribution in [0.3, 0.4) is 0 Å². The van der Waals surface area contributed by atoms with Crippen LogP contribution >= 0.6 is 0 Å². The van der Waals surface area contributed by atoms with Gasteiger partial charge in [0, 0.05) is 17.2 Å². The van der Waals surface area contributed by atoms with E-state index in [0.29, 0.717) is 6.07 Å². The first-order valence-corrected chi connectivity index (χ1v) is 5.32. The molecular weight excluding hydrogens is 256 g/mol. The van der Waals surface area contributed by atoms with Crippen molar-refractivity contribution in [1.82, 2.24) is 4.98 Å². The number of carbonyl (C=O) groups is 1. The van der Waals surface area contributed by atoms with Crippen molar-refractivity contribution in [2.75, 3.05) is 0 Å². The zero-order chi connectivity index (χ0) is 14.0. The van der Waals surface area contributed by atoms with Crippen LogP contribution in [-0.2, 0) is 6.61 Å². The van der Waals surface area contributed by atoms with Gasteiger partial charge in [0.05, 0.1) is 12.3 Å². The van der Waals surface area contributed by atoms with E-state index in [1.807, 2.05) is 0 Å². The number of pyridine rings is 1. The molecule has 0 saturated carbocycles. The zero-order valence-electron chi connectivity index (χ0n) is 9.60. The maximum Gasteiger partial charge on any atom is 0.354 e. The zero-order valence-corrected chi connectivity index (χ0v) is 9.60. The number of carboxylic acid groups (broad SMARTS) is 1. The maximum absolute atomic E-state index is 13.6. The average molecular weight is 265 g/mol. The van der Waals surface area contributed by atoms with Gasteiger partial charge in [-0.3, -0.25) is 0 Å². The lowest BCUT2D eigenvalue weighted by Crippen LogP contribution is -2.07. The molecule has 0 unspecified atom stereocenters. The number of hydrogen-bond donors (Lipinski definition) is 2. The van der Waals surface area contributed by atoms with Crippen molar-refractivity contribution >= 4 is 5.97 Å². The van der Waals surface area contributed by atoms with Gasteiger partial charge < -0.3 is 10.2 Å². The summed E-state index contributed by atoms with van der Waals surface area (Å²) in [5.41, 5.74) is -0.178. The second kappa shape index (κ2) is 5.11. The summed E-state index contributed by atoms with van der Waals surface area (Å²) < 4.78 is 26.4. The summed E-state index contributed by atoms with van der Waals surface area (Å²) in [6.45, 7) is -0.485. The van der Waals surface area contributed by atoms with Crippen molar-refractivity contribution < 1.29 is 23.8 Å². The number of aliphatic hydroxyl groups is 1. The molecule has 0 radical (unpaired) electrons. The van der Waals surface area contributed by atoms with E-state index in [1.54, 1.807) is 0 Å². The number of hydrogen-bond acceptors (Lipinski definition) is 3. The molecule has 2 rings (SSSR count). The van der Waals surface area contributed by atoms with E-state index in [4.69, 9.17) is 10.2 Å². The van der Waals surface area contributed by atoms with Crippen molar-refractivity contribution in [3.63, 3.8) is 0 Å². The standard InChI is InChI=1S/C13H9F2NO3/c14-8-2-3-9(10(15)5-8)11-4-1-7(6-17)12(16-11)13(18)19/h1-5,17H,6H2,(H,18,19). The number of nitrogens with zero attached hydrogens (tertiary/aromatic N) is 1. The Balaban J connectivity index is 2.57. The van der Waals surface area contributed by atoms with Crippen molar-refractivity contribution in [1.29, 1.82) is 0 Å². The Morgan fingerprint density at radius 3 is 2.53 bits per heavy atom. The lowest BCUT2D eigenvalue weighted by atomic mass is 10.1. The van der Waals surface area contributed by atoms with E-state index >= 15 is 0 Å². The lowest BCUT2D eigenvalue weighted by molar-refractivity contribution is 0.0686. The summed E-state index contributed by atoms with van der Waals surface area (Å²) in [5, 5.41) is 17.9. The Hall–Kier alpha value is -2.34. The summed E-state index contributed by atoms with van der Waals surface area (Å²) in [6, 6.07) is 5.64. The molecular formula is C13H9F2NO3. The molecule has 1 heterocycles. The molecule has 4 nitrogen and oxygen atoms in total. The number of aromatic carboxylic acids is 1. The van der Waals surface area contributed by atoms with Gasteiger partial charge in [0.15, 0.2) is 5.69 Å². The Labute approximate surface area is 107 Å². The Bertz CT molecular complexity index is 644. The van der Waals surface area contributed by atoms with Gasteiger partial charge in [-0.1, -0.05) is 6.07 Å². The summed E-state index contributed by atoms with van der Waals surface area (Å²) in [5.74, 6) is -2.89. The molecule has 19 heavy (non-hydrogen) atoms. The molecule has 0 atom stereocenters. The number of halogens is 2. The first-order valence-electron chi connectivity index (χ1n) is 5.32. The molecule has 0 spiro atoms. The molecule has 0 bridgehead atoms. The SMILES string of the molecule is O=C(O)c1nc(-c2ccc(F)cc2F)ccc1CO. The average Bonchev–Trinajstić information content (AvgIpc) is 2.38. The summed E-state index contributed by atoms with van der Waals surface area (Å²) >= 11 is 0. The van der Waals surface area contributed by atoms with Gasteiger partial charge in [-0.15, -0.1) is 0 Å². The van der Waals surface area contributed by atoms with Gasteiger partial charge in [-0.2, -0.15) is 0 Å². The van der Waals surface area contributed by atoms with Crippen molar-refractivity contribution in [2.24, 2.45) is 0 Å². The topological polar surface area (TPSA) is 70.4 Å². The van der Waals surface area contributed by atoms with Gasteiger partial charge in [-0.05, 0) is 18.2 Å². The lowest BCUT2D eigenvalue weighted by Gasteiger charge is -2.07. The monoisotopic (exact) mass is 265 g/mol. The Morgan fingerprint density at radius 1 is 1.21 bits per heavy atom. The van der Waals surface area contributed by atoms with Crippen LogP contribution in [0.5, 0.6) is 0 Å². The van der Waals surface area contributed by atoms with Crippen LogP contribution in [0.2, 0.25) is 0 Å². The van der Waals surface area contributed by atoms with Crippen LogP contribution in [0.4, 0.5) is 8.78 Å². The highest BCUT2D eigenvalue weighted by Crippen LogP contribution is 2.23. The first-order chi connectivity index (χ1) is 9.02. The molecule has 0 amide bonds. The van der Waals surface area contributed by atoms with Gasteiger partial charge in [0.25, 0.3) is 0 Å². The van der Waals surface area contributed by atoms with E-state index in [1.165, 1.54) is 18.2 Å². The minimum atomic E-state index is -1.33. The molecule has 0 aliphatic heterocycles. The Morgan fingerprint density at radius 2 is 1.95 bits per heavy atom. The molecule has 1 aromatic heterocycles. The van der Waals surface area contributed by atoms with E-state index in [0.717, 1.165) is 6.07 Å². The fourth-order valence-electron chi connectivity index (χ4n) is 1.65. The van der Waals surface area contributed by atoms with Crippen LogP contribution < -0.4 is 0 Å². The number of carboxylic acids is 1. The van der Waals surface area contributed by atoms with Gasteiger partial charge >= 0.3 is 5.97 Å². The third kappa shape index (κ3) is 2.58. The summed E-state index contributed by atoms with van der Waals surface area (Å²) in [6.07, 6.45) is 0. The van der Waals surface area contributed by atoms with Crippen molar-refractivity contribution in [3.8, 4) is 11.3 Å². The van der Waals surface area contributed by atoms with E-state index in [9.17, 15) is 13.6 Å². The van der Waals surface area contributed by atoms with E-state index in [2.05, 4.69) is 4.98 Å². The van der Waals surface area contributed by atoms with Crippen LogP contribution in [-0.4, -0.2) is 21.2 Å². The number of aromatic nitrogens is 1. The maximum atomic E-state index is 13.6. The number of benzene rings is 1. The van der Waals surface area contributed by atoms with Crippen molar-refractivity contribution in [2.45, 2.75) is 6.61 Å². The third-order valence-electron chi connectivity index (χ3n) is 2.56. The minimum Gasteiger partial charge on any atom is -0.477 e. The van der Waals surface area contributed by atoms with Gasteiger partial charge in [0.1, 0.15) is 11.6 Å². The number of aliphatic hydroxyl groups excluding tert-OH is 1. The predicted molar refractivity (Wildman–Crippen MR) is 62.5 cm³/mol. The largest absolute Gasteiger partial charge is 0.477 e. The van der Waals surface area contributed by atoms with Gasteiger partial charge in [0.2, 0.25) is 0 Å². The molecule has 0 aliphatic carbocycles. The molecule has 2 aromatic rings. The minimum absolute atomic E-state index is 0.00612. The second-order valence-corrected chi connectivity index (χ2v) is 3.79.